The van der Waals surface area contributed by atoms with Crippen molar-refractivity contribution in [3.8, 4) is 11.5 Å². The number of nitrogens with zero attached hydrogens (tertiary/aromatic N) is 2. The van der Waals surface area contributed by atoms with Crippen LogP contribution in [0, 0.1) is 17.8 Å². The van der Waals surface area contributed by atoms with E-state index >= 15 is 0 Å². The molecule has 2 fully saturated rings. The van der Waals surface area contributed by atoms with Crippen LogP contribution < -0.4 is 14.8 Å². The maximum atomic E-state index is 12.8. The number of benzene rings is 1. The zero-order valence-electron chi connectivity index (χ0n) is 21.1. The number of ether oxygens (including phenoxy) is 3. The number of rotatable bonds is 6. The zero-order valence-corrected chi connectivity index (χ0v) is 21.1. The fraction of sp³-hybridized carbons (Fsp3) is 0.692. The Hall–Kier alpha value is -2.48. The second-order valence-electron chi connectivity index (χ2n) is 10.3. The molecule has 188 valence electrons. The maximum absolute atomic E-state index is 12.8. The molecule has 1 N–H and O–H groups in total. The van der Waals surface area contributed by atoms with Gasteiger partial charge in [0.25, 0.3) is 0 Å². The number of piperidine rings is 1. The van der Waals surface area contributed by atoms with Crippen molar-refractivity contribution < 1.29 is 23.8 Å². The molecule has 2 amide bonds. The molecule has 1 aromatic rings. The van der Waals surface area contributed by atoms with Crippen molar-refractivity contribution in [1.82, 2.24) is 15.1 Å². The molecule has 2 saturated heterocycles. The lowest BCUT2D eigenvalue weighted by Gasteiger charge is -2.47. The lowest BCUT2D eigenvalue weighted by molar-refractivity contribution is -0.127. The standard InChI is InChI=1S/C26H39N3O5/c1-16(2)10-19-14-28-8-6-18-12-23(32-4)24(33-5)13-21(18)22(28)11-20(19)15-34-26(31)29-9-7-27-25(30)17(29)3/h12-13,16-17,19-20,22H,6-11,14-15H2,1-5H3,(H,27,30)/t17?,19-,20+,22-/m1/s1. The quantitative estimate of drug-likeness (QED) is 0.683. The van der Waals surface area contributed by atoms with E-state index in [-0.39, 0.29) is 24.0 Å². The number of hydrogen-bond donors (Lipinski definition) is 1. The van der Waals surface area contributed by atoms with E-state index in [1.807, 2.05) is 0 Å². The van der Waals surface area contributed by atoms with Gasteiger partial charge in [0.1, 0.15) is 6.04 Å². The van der Waals surface area contributed by atoms with E-state index in [2.05, 4.69) is 36.2 Å². The van der Waals surface area contributed by atoms with Gasteiger partial charge >= 0.3 is 6.09 Å². The van der Waals surface area contributed by atoms with Crippen LogP contribution in [-0.4, -0.2) is 74.8 Å². The molecule has 0 bridgehead atoms. The smallest absolute Gasteiger partial charge is 0.410 e. The normalized spacial score (nSPS) is 27.0. The van der Waals surface area contributed by atoms with Crippen molar-refractivity contribution in [3.05, 3.63) is 23.3 Å². The summed E-state index contributed by atoms with van der Waals surface area (Å²) in [7, 11) is 3.35. The number of amides is 2. The Kier molecular flexibility index (Phi) is 7.55. The number of hydrogen-bond acceptors (Lipinski definition) is 6. The topological polar surface area (TPSA) is 80.3 Å². The first-order valence-electron chi connectivity index (χ1n) is 12.5. The molecule has 0 spiro atoms. The number of carbonyl (C=O) groups excluding carboxylic acids is 2. The highest BCUT2D eigenvalue weighted by molar-refractivity contribution is 5.86. The lowest BCUT2D eigenvalue weighted by atomic mass is 9.74. The Balaban J connectivity index is 1.52. The average molecular weight is 474 g/mol. The van der Waals surface area contributed by atoms with Gasteiger partial charge in [-0.25, -0.2) is 4.79 Å². The Morgan fingerprint density at radius 2 is 1.88 bits per heavy atom. The first kappa shape index (κ1) is 24.6. The zero-order chi connectivity index (χ0) is 24.4. The van der Waals surface area contributed by atoms with E-state index in [1.54, 1.807) is 26.0 Å². The Morgan fingerprint density at radius 1 is 1.15 bits per heavy atom. The molecular formula is C26H39N3O5. The van der Waals surface area contributed by atoms with Crippen molar-refractivity contribution in [2.75, 3.05) is 47.0 Å². The predicted octanol–water partition coefficient (Wildman–Crippen LogP) is 3.24. The third-order valence-corrected chi connectivity index (χ3v) is 7.70. The minimum Gasteiger partial charge on any atom is -0.493 e. The van der Waals surface area contributed by atoms with Gasteiger partial charge in [-0.15, -0.1) is 0 Å². The van der Waals surface area contributed by atoms with Crippen LogP contribution in [0.15, 0.2) is 12.1 Å². The number of methoxy groups -OCH3 is 2. The van der Waals surface area contributed by atoms with Gasteiger partial charge in [0.15, 0.2) is 11.5 Å². The first-order valence-corrected chi connectivity index (χ1v) is 12.5. The lowest BCUT2D eigenvalue weighted by Crippen LogP contribution is -2.56. The van der Waals surface area contributed by atoms with Crippen molar-refractivity contribution in [1.29, 1.82) is 0 Å². The number of carbonyl (C=O) groups is 2. The summed E-state index contributed by atoms with van der Waals surface area (Å²) in [6.45, 7) is 9.62. The highest BCUT2D eigenvalue weighted by Crippen LogP contribution is 2.45. The fourth-order valence-electron chi connectivity index (χ4n) is 5.87. The summed E-state index contributed by atoms with van der Waals surface area (Å²) in [6.07, 6.45) is 2.65. The van der Waals surface area contributed by atoms with E-state index in [1.165, 1.54) is 11.1 Å². The van der Waals surface area contributed by atoms with Gasteiger partial charge in [0, 0.05) is 32.2 Å². The van der Waals surface area contributed by atoms with Gasteiger partial charge in [-0.3, -0.25) is 14.6 Å². The SMILES string of the molecule is COc1cc2c(cc1OC)[C@H]1C[C@@H](COC(=O)N3CCNC(=O)C3C)[C@H](CC(C)C)CN1CC2. The van der Waals surface area contributed by atoms with Gasteiger partial charge in [-0.05, 0) is 67.2 Å². The van der Waals surface area contributed by atoms with E-state index in [9.17, 15) is 9.59 Å². The third-order valence-electron chi connectivity index (χ3n) is 7.70. The third kappa shape index (κ3) is 4.97. The molecule has 1 aromatic carbocycles. The van der Waals surface area contributed by atoms with Crippen LogP contribution in [0.25, 0.3) is 0 Å². The highest BCUT2D eigenvalue weighted by atomic mass is 16.6. The highest BCUT2D eigenvalue weighted by Gasteiger charge is 2.40. The number of nitrogens with one attached hydrogen (secondary N) is 1. The molecule has 34 heavy (non-hydrogen) atoms. The van der Waals surface area contributed by atoms with E-state index in [0.29, 0.717) is 31.5 Å². The van der Waals surface area contributed by atoms with Crippen LogP contribution in [0.3, 0.4) is 0 Å². The van der Waals surface area contributed by atoms with Gasteiger partial charge in [-0.1, -0.05) is 13.8 Å². The van der Waals surface area contributed by atoms with Crippen LogP contribution in [-0.2, 0) is 16.0 Å². The van der Waals surface area contributed by atoms with Crippen LogP contribution in [0.2, 0.25) is 0 Å². The van der Waals surface area contributed by atoms with Gasteiger partial charge in [-0.2, -0.15) is 0 Å². The van der Waals surface area contributed by atoms with Crippen molar-refractivity contribution >= 4 is 12.0 Å². The molecule has 0 aromatic heterocycles. The second-order valence-corrected chi connectivity index (χ2v) is 10.3. The van der Waals surface area contributed by atoms with Crippen LogP contribution in [0.5, 0.6) is 11.5 Å². The second kappa shape index (κ2) is 10.4. The van der Waals surface area contributed by atoms with Gasteiger partial charge in [0.05, 0.1) is 20.8 Å². The van der Waals surface area contributed by atoms with Crippen LogP contribution in [0.4, 0.5) is 4.79 Å². The molecule has 4 rings (SSSR count). The summed E-state index contributed by atoms with van der Waals surface area (Å²) < 4.78 is 17.0. The molecule has 3 aliphatic heterocycles. The van der Waals surface area contributed by atoms with E-state index < -0.39 is 6.04 Å². The van der Waals surface area contributed by atoms with Crippen LogP contribution in [0.1, 0.15) is 50.8 Å². The molecule has 0 aliphatic carbocycles. The molecule has 3 heterocycles. The molecule has 8 heteroatoms. The van der Waals surface area contributed by atoms with Crippen molar-refractivity contribution in [2.24, 2.45) is 17.8 Å². The summed E-state index contributed by atoms with van der Waals surface area (Å²) in [4.78, 5) is 29.0. The Labute approximate surface area is 202 Å². The Morgan fingerprint density at radius 3 is 2.59 bits per heavy atom. The van der Waals surface area contributed by atoms with Crippen molar-refractivity contribution in [2.45, 2.75) is 52.1 Å². The largest absolute Gasteiger partial charge is 0.493 e. The summed E-state index contributed by atoms with van der Waals surface area (Å²) >= 11 is 0. The molecule has 0 saturated carbocycles. The van der Waals surface area contributed by atoms with Gasteiger partial charge in [0.2, 0.25) is 5.91 Å². The minimum atomic E-state index is -0.498. The molecule has 0 radical (unpaired) electrons. The number of fused-ring (bicyclic) bond motifs is 3. The molecule has 4 atom stereocenters. The molecule has 3 aliphatic rings. The molecule has 1 unspecified atom stereocenters. The average Bonchev–Trinajstić information content (AvgIpc) is 2.82. The first-order chi connectivity index (χ1) is 16.3. The summed E-state index contributed by atoms with van der Waals surface area (Å²) in [6, 6.07) is 4.02. The van der Waals surface area contributed by atoms with E-state index in [4.69, 9.17) is 14.2 Å². The minimum absolute atomic E-state index is 0.127. The summed E-state index contributed by atoms with van der Waals surface area (Å²) in [5, 5.41) is 2.80. The van der Waals surface area contributed by atoms with Crippen LogP contribution >= 0.6 is 0 Å². The maximum Gasteiger partial charge on any atom is 0.410 e. The molecular weight excluding hydrogens is 434 g/mol. The summed E-state index contributed by atoms with van der Waals surface area (Å²) in [5.74, 6) is 2.71. The molecule has 8 nitrogen and oxygen atoms in total. The van der Waals surface area contributed by atoms with E-state index in [0.717, 1.165) is 43.9 Å². The summed E-state index contributed by atoms with van der Waals surface area (Å²) in [5.41, 5.74) is 2.61. The number of piperazine rings is 1. The fourth-order valence-corrected chi connectivity index (χ4v) is 5.87. The predicted molar refractivity (Wildman–Crippen MR) is 129 cm³/mol. The van der Waals surface area contributed by atoms with Crippen molar-refractivity contribution in [3.63, 3.8) is 0 Å². The monoisotopic (exact) mass is 473 g/mol. The Bertz CT molecular complexity index is 905. The van der Waals surface area contributed by atoms with Gasteiger partial charge < -0.3 is 19.5 Å².